The smallest absolute Gasteiger partial charge is 0.328 e. The van der Waals surface area contributed by atoms with Crippen LogP contribution in [0.5, 0.6) is 0 Å². The van der Waals surface area contributed by atoms with Crippen LogP contribution < -0.4 is 5.32 Å². The molecule has 1 N–H and O–H groups in total. The highest BCUT2D eigenvalue weighted by Gasteiger charge is 2.28. The minimum atomic E-state index is -0.861. The summed E-state index contributed by atoms with van der Waals surface area (Å²) in [5.41, 5.74) is 0.398. The molecule has 112 valence electrons. The number of methoxy groups -OCH3 is 1. The van der Waals surface area contributed by atoms with Crippen molar-refractivity contribution < 1.29 is 14.3 Å². The van der Waals surface area contributed by atoms with E-state index in [4.69, 9.17) is 5.26 Å². The first-order valence-corrected chi connectivity index (χ1v) is 7.69. The summed E-state index contributed by atoms with van der Waals surface area (Å²) >= 11 is 6.60. The van der Waals surface area contributed by atoms with Crippen LogP contribution in [0.15, 0.2) is 27.1 Å². The summed E-state index contributed by atoms with van der Waals surface area (Å²) in [6, 6.07) is 6.21. The number of nitrogens with zero attached hydrogens (tertiary/aromatic N) is 1. The molecular weight excluding hydrogens is 404 g/mol. The van der Waals surface area contributed by atoms with Gasteiger partial charge in [0.2, 0.25) is 0 Å². The number of nitriles is 1. The number of carbonyl (C=O) groups is 2. The molecule has 0 aliphatic rings. The lowest BCUT2D eigenvalue weighted by atomic mass is 9.98. The topological polar surface area (TPSA) is 79.2 Å². The van der Waals surface area contributed by atoms with Gasteiger partial charge in [0.15, 0.2) is 0 Å². The number of rotatable bonds is 5. The van der Waals surface area contributed by atoms with Crippen LogP contribution in [0.25, 0.3) is 0 Å². The fourth-order valence-corrected chi connectivity index (χ4v) is 3.03. The predicted molar refractivity (Wildman–Crippen MR) is 84.5 cm³/mol. The largest absolute Gasteiger partial charge is 0.467 e. The van der Waals surface area contributed by atoms with Crippen molar-refractivity contribution in [1.29, 1.82) is 5.26 Å². The minimum Gasteiger partial charge on any atom is -0.467 e. The van der Waals surface area contributed by atoms with Gasteiger partial charge < -0.3 is 10.1 Å². The lowest BCUT2D eigenvalue weighted by molar-refractivity contribution is -0.144. The summed E-state index contributed by atoms with van der Waals surface area (Å²) in [5.74, 6) is -1.32. The predicted octanol–water partition coefficient (Wildman–Crippen LogP) is 3.03. The molecular formula is C14H14Br2N2O3. The molecule has 0 unspecified atom stereocenters. The van der Waals surface area contributed by atoms with Gasteiger partial charge in [0.05, 0.1) is 13.2 Å². The van der Waals surface area contributed by atoms with E-state index in [-0.39, 0.29) is 12.3 Å². The van der Waals surface area contributed by atoms with Crippen molar-refractivity contribution in [3.05, 3.63) is 32.7 Å². The number of carbonyl (C=O) groups excluding carboxylic acids is 2. The second-order valence-corrected chi connectivity index (χ2v) is 6.30. The summed E-state index contributed by atoms with van der Waals surface area (Å²) in [7, 11) is 1.25. The summed E-state index contributed by atoms with van der Waals surface area (Å²) < 4.78 is 6.16. The summed E-state index contributed by atoms with van der Waals surface area (Å²) in [4.78, 5) is 24.0. The second-order valence-electron chi connectivity index (χ2n) is 4.47. The first-order chi connectivity index (χ1) is 9.88. The van der Waals surface area contributed by atoms with E-state index in [9.17, 15) is 9.59 Å². The Hall–Kier alpha value is -1.39. The van der Waals surface area contributed by atoms with Crippen molar-refractivity contribution in [1.82, 2.24) is 5.32 Å². The second kappa shape index (κ2) is 8.15. The molecule has 21 heavy (non-hydrogen) atoms. The number of amides is 1. The standard InChI is InChI=1S/C14H14Br2N2O3/c1-8(3-4-17)12(14(20)21-2)18-13(19)9-5-10(15)7-11(16)6-9/h5-8,12H,3H2,1-2H3,(H,18,19)/t8-,12+/m0/s1. The van der Waals surface area contributed by atoms with Crippen LogP contribution in [-0.4, -0.2) is 25.0 Å². The van der Waals surface area contributed by atoms with E-state index >= 15 is 0 Å². The van der Waals surface area contributed by atoms with Crippen molar-refractivity contribution in [2.75, 3.05) is 7.11 Å². The van der Waals surface area contributed by atoms with Crippen molar-refractivity contribution >= 4 is 43.7 Å². The third-order valence-electron chi connectivity index (χ3n) is 2.85. The molecule has 0 aliphatic carbocycles. The van der Waals surface area contributed by atoms with Gasteiger partial charge in [0.1, 0.15) is 6.04 Å². The van der Waals surface area contributed by atoms with Crippen LogP contribution in [-0.2, 0) is 9.53 Å². The van der Waals surface area contributed by atoms with E-state index < -0.39 is 17.9 Å². The Morgan fingerprint density at radius 3 is 2.38 bits per heavy atom. The molecule has 1 aromatic carbocycles. The highest BCUT2D eigenvalue weighted by Crippen LogP contribution is 2.20. The maximum absolute atomic E-state index is 12.2. The van der Waals surface area contributed by atoms with Crippen molar-refractivity contribution in [2.24, 2.45) is 5.92 Å². The van der Waals surface area contributed by atoms with Gasteiger partial charge in [-0.1, -0.05) is 38.8 Å². The van der Waals surface area contributed by atoms with E-state index in [0.717, 1.165) is 8.95 Å². The highest BCUT2D eigenvalue weighted by atomic mass is 79.9. The third-order valence-corrected chi connectivity index (χ3v) is 3.76. The first kappa shape index (κ1) is 17.7. The summed E-state index contributed by atoms with van der Waals surface area (Å²) in [5, 5.41) is 11.4. The van der Waals surface area contributed by atoms with Crippen LogP contribution in [0.4, 0.5) is 0 Å². The zero-order valence-electron chi connectivity index (χ0n) is 11.5. The van der Waals surface area contributed by atoms with Crippen LogP contribution >= 0.6 is 31.9 Å². The normalized spacial score (nSPS) is 12.9. The Kier molecular flexibility index (Phi) is 6.85. The Balaban J connectivity index is 2.95. The fraction of sp³-hybridized carbons (Fsp3) is 0.357. The van der Waals surface area contributed by atoms with Crippen molar-refractivity contribution in [3.63, 3.8) is 0 Å². The van der Waals surface area contributed by atoms with E-state index in [2.05, 4.69) is 41.9 Å². The molecule has 0 heterocycles. The van der Waals surface area contributed by atoms with E-state index in [1.54, 1.807) is 25.1 Å². The molecule has 2 atom stereocenters. The fourth-order valence-electron chi connectivity index (χ4n) is 1.73. The molecule has 1 aromatic rings. The summed E-state index contributed by atoms with van der Waals surface area (Å²) in [6.45, 7) is 1.71. The molecule has 0 saturated heterocycles. The van der Waals surface area contributed by atoms with Crippen molar-refractivity contribution in [3.8, 4) is 6.07 Å². The zero-order chi connectivity index (χ0) is 16.0. The molecule has 1 amide bonds. The molecule has 0 saturated carbocycles. The maximum Gasteiger partial charge on any atom is 0.328 e. The number of hydrogen-bond acceptors (Lipinski definition) is 4. The van der Waals surface area contributed by atoms with Gasteiger partial charge in [-0.05, 0) is 18.2 Å². The molecule has 0 bridgehead atoms. The molecule has 0 fully saturated rings. The maximum atomic E-state index is 12.2. The van der Waals surface area contributed by atoms with Crippen LogP contribution in [0.3, 0.4) is 0 Å². The van der Waals surface area contributed by atoms with Crippen LogP contribution in [0, 0.1) is 17.2 Å². The number of halogens is 2. The number of esters is 1. The van der Waals surface area contributed by atoms with Gasteiger partial charge in [-0.3, -0.25) is 4.79 Å². The van der Waals surface area contributed by atoms with Gasteiger partial charge >= 0.3 is 5.97 Å². The molecule has 5 nitrogen and oxygen atoms in total. The number of ether oxygens (including phenoxy) is 1. The molecule has 0 radical (unpaired) electrons. The first-order valence-electron chi connectivity index (χ1n) is 6.10. The average molecular weight is 418 g/mol. The SMILES string of the molecule is COC(=O)[C@H](NC(=O)c1cc(Br)cc(Br)c1)[C@@H](C)CC#N. The van der Waals surface area contributed by atoms with Crippen molar-refractivity contribution in [2.45, 2.75) is 19.4 Å². The van der Waals surface area contributed by atoms with Gasteiger partial charge in [-0.25, -0.2) is 4.79 Å². The highest BCUT2D eigenvalue weighted by molar-refractivity contribution is 9.11. The Bertz CT molecular complexity index is 564. The van der Waals surface area contributed by atoms with E-state index in [0.29, 0.717) is 5.56 Å². The lowest BCUT2D eigenvalue weighted by Crippen LogP contribution is -2.45. The minimum absolute atomic E-state index is 0.141. The lowest BCUT2D eigenvalue weighted by Gasteiger charge is -2.21. The van der Waals surface area contributed by atoms with Crippen LogP contribution in [0.1, 0.15) is 23.7 Å². The van der Waals surface area contributed by atoms with Gasteiger partial charge in [0.25, 0.3) is 5.91 Å². The quantitative estimate of drug-likeness (QED) is 0.746. The monoisotopic (exact) mass is 416 g/mol. The number of hydrogen-bond donors (Lipinski definition) is 1. The van der Waals surface area contributed by atoms with Crippen LogP contribution in [0.2, 0.25) is 0 Å². The van der Waals surface area contributed by atoms with Gasteiger partial charge in [0, 0.05) is 26.8 Å². The zero-order valence-corrected chi connectivity index (χ0v) is 14.7. The molecule has 7 heteroatoms. The molecule has 1 rings (SSSR count). The Morgan fingerprint density at radius 2 is 1.90 bits per heavy atom. The number of benzene rings is 1. The van der Waals surface area contributed by atoms with Gasteiger partial charge in [-0.2, -0.15) is 5.26 Å². The van der Waals surface area contributed by atoms with E-state index in [1.807, 2.05) is 6.07 Å². The molecule has 0 spiro atoms. The average Bonchev–Trinajstić information content (AvgIpc) is 2.42. The summed E-state index contributed by atoms with van der Waals surface area (Å²) in [6.07, 6.45) is 0.141. The Labute approximate surface area is 139 Å². The Morgan fingerprint density at radius 1 is 1.33 bits per heavy atom. The van der Waals surface area contributed by atoms with E-state index in [1.165, 1.54) is 7.11 Å². The van der Waals surface area contributed by atoms with Gasteiger partial charge in [-0.15, -0.1) is 0 Å². The molecule has 0 aromatic heterocycles. The number of nitrogens with one attached hydrogen (secondary N) is 1. The molecule has 0 aliphatic heterocycles. The third kappa shape index (κ3) is 5.14.